The summed E-state index contributed by atoms with van der Waals surface area (Å²) in [7, 11) is 0. The first-order valence-corrected chi connectivity index (χ1v) is 5.52. The van der Waals surface area contributed by atoms with Gasteiger partial charge in [0.05, 0.1) is 6.54 Å². The van der Waals surface area contributed by atoms with Crippen molar-refractivity contribution in [3.8, 4) is 0 Å². The molecule has 0 aliphatic carbocycles. The Balaban J connectivity index is 3.68. The number of allylic oxidation sites excluding steroid dienone is 4. The van der Waals surface area contributed by atoms with Crippen LogP contribution in [0.2, 0.25) is 0 Å². The van der Waals surface area contributed by atoms with E-state index >= 15 is 0 Å². The van der Waals surface area contributed by atoms with Crippen molar-refractivity contribution in [2.24, 2.45) is 5.73 Å². The molecule has 0 aliphatic heterocycles. The molecule has 0 bridgehead atoms. The van der Waals surface area contributed by atoms with E-state index in [-0.39, 0.29) is 12.5 Å². The smallest absolute Gasteiger partial charge is 0.233 e. The molecule has 3 nitrogen and oxygen atoms in total. The van der Waals surface area contributed by atoms with Gasteiger partial charge in [0, 0.05) is 6.54 Å². The van der Waals surface area contributed by atoms with Gasteiger partial charge in [-0.05, 0) is 26.2 Å². The number of hydrogen-bond donors (Lipinski definition) is 2. The second-order valence-electron chi connectivity index (χ2n) is 3.36. The lowest BCUT2D eigenvalue weighted by Gasteiger charge is -2.05. The van der Waals surface area contributed by atoms with Crippen LogP contribution in [0.1, 0.15) is 33.1 Å². The largest absolute Gasteiger partial charge is 0.355 e. The Hall–Kier alpha value is -1.09. The molecule has 0 aliphatic rings. The van der Waals surface area contributed by atoms with Crippen LogP contribution in [0.4, 0.5) is 0 Å². The van der Waals surface area contributed by atoms with E-state index in [1.807, 2.05) is 13.0 Å². The summed E-state index contributed by atoms with van der Waals surface area (Å²) in [5, 5.41) is 2.76. The van der Waals surface area contributed by atoms with E-state index in [4.69, 9.17) is 5.73 Å². The van der Waals surface area contributed by atoms with Crippen LogP contribution in [-0.4, -0.2) is 19.0 Å². The number of nitrogens with one attached hydrogen (secondary N) is 1. The van der Waals surface area contributed by atoms with Crippen molar-refractivity contribution in [1.82, 2.24) is 5.32 Å². The molecular formula is C12H22N2O. The summed E-state index contributed by atoms with van der Waals surface area (Å²) in [6.07, 6.45) is 9.29. The molecule has 0 rings (SSSR count). The van der Waals surface area contributed by atoms with Crippen molar-refractivity contribution >= 4 is 5.91 Å². The molecule has 0 unspecified atom stereocenters. The number of carbonyl (C=O) groups is 1. The van der Waals surface area contributed by atoms with Crippen molar-refractivity contribution in [2.75, 3.05) is 13.1 Å². The third kappa shape index (κ3) is 7.94. The minimum absolute atomic E-state index is 0.0783. The highest BCUT2D eigenvalue weighted by Gasteiger charge is 1.97. The number of carbonyl (C=O) groups excluding carboxylic acids is 1. The standard InChI is InChI=1S/C12H22N2O/c1-3-5-7-11(4-2)8-6-9-14-12(15)10-13/h3,5,7H,4,6,8-10,13H2,1-2H3,(H,14,15)/b5-3-,11-7+. The maximum atomic E-state index is 10.8. The molecule has 0 aromatic heterocycles. The fourth-order valence-corrected chi connectivity index (χ4v) is 1.23. The summed E-state index contributed by atoms with van der Waals surface area (Å²) in [5.41, 5.74) is 6.59. The first-order chi connectivity index (χ1) is 7.24. The Morgan fingerprint density at radius 3 is 2.73 bits per heavy atom. The van der Waals surface area contributed by atoms with Crippen molar-refractivity contribution in [3.63, 3.8) is 0 Å². The van der Waals surface area contributed by atoms with Crippen LogP contribution < -0.4 is 11.1 Å². The summed E-state index contributed by atoms with van der Waals surface area (Å²) < 4.78 is 0. The van der Waals surface area contributed by atoms with E-state index < -0.39 is 0 Å². The van der Waals surface area contributed by atoms with Crippen LogP contribution in [0.25, 0.3) is 0 Å². The van der Waals surface area contributed by atoms with Crippen LogP contribution in [0.5, 0.6) is 0 Å². The molecule has 0 aromatic rings. The first-order valence-electron chi connectivity index (χ1n) is 5.52. The Labute approximate surface area is 92.4 Å². The topological polar surface area (TPSA) is 55.1 Å². The first kappa shape index (κ1) is 13.9. The number of nitrogens with two attached hydrogens (primary N) is 1. The molecule has 15 heavy (non-hydrogen) atoms. The Morgan fingerprint density at radius 2 is 2.20 bits per heavy atom. The van der Waals surface area contributed by atoms with E-state index in [0.717, 1.165) is 19.3 Å². The van der Waals surface area contributed by atoms with Crippen molar-refractivity contribution < 1.29 is 4.79 Å². The zero-order chi connectivity index (χ0) is 11.5. The molecule has 0 atom stereocenters. The highest BCUT2D eigenvalue weighted by Crippen LogP contribution is 2.08. The lowest BCUT2D eigenvalue weighted by molar-refractivity contribution is -0.119. The third-order valence-corrected chi connectivity index (χ3v) is 2.16. The van der Waals surface area contributed by atoms with E-state index in [1.165, 1.54) is 5.57 Å². The van der Waals surface area contributed by atoms with Crippen LogP contribution in [0.3, 0.4) is 0 Å². The highest BCUT2D eigenvalue weighted by atomic mass is 16.1. The highest BCUT2D eigenvalue weighted by molar-refractivity contribution is 5.77. The van der Waals surface area contributed by atoms with Crippen LogP contribution in [-0.2, 0) is 4.79 Å². The zero-order valence-corrected chi connectivity index (χ0v) is 9.75. The molecule has 1 amide bonds. The molecule has 0 saturated heterocycles. The predicted octanol–water partition coefficient (Wildman–Crippen LogP) is 1.75. The van der Waals surface area contributed by atoms with Gasteiger partial charge in [0.1, 0.15) is 0 Å². The maximum Gasteiger partial charge on any atom is 0.233 e. The van der Waals surface area contributed by atoms with E-state index in [2.05, 4.69) is 24.4 Å². The van der Waals surface area contributed by atoms with Gasteiger partial charge in [-0.1, -0.05) is 30.7 Å². The average molecular weight is 210 g/mol. The second-order valence-corrected chi connectivity index (χ2v) is 3.36. The Bertz CT molecular complexity index is 232. The lowest BCUT2D eigenvalue weighted by Crippen LogP contribution is -2.30. The fourth-order valence-electron chi connectivity index (χ4n) is 1.23. The van der Waals surface area contributed by atoms with Crippen molar-refractivity contribution in [2.45, 2.75) is 33.1 Å². The Kier molecular flexibility index (Phi) is 8.78. The average Bonchev–Trinajstić information content (AvgIpc) is 2.27. The zero-order valence-electron chi connectivity index (χ0n) is 9.75. The van der Waals surface area contributed by atoms with Gasteiger partial charge >= 0.3 is 0 Å². The molecule has 3 N–H and O–H groups in total. The Morgan fingerprint density at radius 1 is 1.47 bits per heavy atom. The predicted molar refractivity (Wildman–Crippen MR) is 64.5 cm³/mol. The van der Waals surface area contributed by atoms with Crippen molar-refractivity contribution in [3.05, 3.63) is 23.8 Å². The van der Waals surface area contributed by atoms with Gasteiger partial charge in [-0.25, -0.2) is 0 Å². The lowest BCUT2D eigenvalue weighted by atomic mass is 10.1. The van der Waals surface area contributed by atoms with Crippen LogP contribution in [0.15, 0.2) is 23.8 Å². The number of rotatable bonds is 7. The molecule has 0 aromatic carbocycles. The van der Waals surface area contributed by atoms with Crippen LogP contribution >= 0.6 is 0 Å². The molecule has 0 radical (unpaired) electrons. The molecule has 0 fully saturated rings. The summed E-state index contributed by atoms with van der Waals surface area (Å²) in [4.78, 5) is 10.8. The maximum absolute atomic E-state index is 10.8. The van der Waals surface area contributed by atoms with E-state index in [1.54, 1.807) is 0 Å². The van der Waals surface area contributed by atoms with Gasteiger partial charge in [-0.2, -0.15) is 0 Å². The SMILES string of the molecule is C/C=C\C=C(/CC)CCCNC(=O)CN. The summed E-state index contributed by atoms with van der Waals surface area (Å²) >= 11 is 0. The quantitative estimate of drug-likeness (QED) is 0.497. The second kappa shape index (κ2) is 9.46. The molecular weight excluding hydrogens is 188 g/mol. The van der Waals surface area contributed by atoms with Gasteiger partial charge in [0.15, 0.2) is 0 Å². The van der Waals surface area contributed by atoms with Crippen LogP contribution in [0, 0.1) is 0 Å². The molecule has 86 valence electrons. The van der Waals surface area contributed by atoms with Gasteiger partial charge < -0.3 is 11.1 Å². The number of amides is 1. The molecule has 3 heteroatoms. The van der Waals surface area contributed by atoms with E-state index in [0.29, 0.717) is 6.54 Å². The summed E-state index contributed by atoms with van der Waals surface area (Å²) in [6.45, 7) is 4.94. The third-order valence-electron chi connectivity index (χ3n) is 2.16. The molecule has 0 heterocycles. The minimum Gasteiger partial charge on any atom is -0.355 e. The monoisotopic (exact) mass is 210 g/mol. The summed E-state index contributed by atoms with van der Waals surface area (Å²) in [6, 6.07) is 0. The molecule has 0 saturated carbocycles. The minimum atomic E-state index is -0.0783. The van der Waals surface area contributed by atoms with Gasteiger partial charge in [0.2, 0.25) is 5.91 Å². The normalized spacial score (nSPS) is 12.1. The van der Waals surface area contributed by atoms with Crippen molar-refractivity contribution in [1.29, 1.82) is 0 Å². The number of hydrogen-bond acceptors (Lipinski definition) is 2. The molecule has 0 spiro atoms. The fraction of sp³-hybridized carbons (Fsp3) is 0.583. The van der Waals surface area contributed by atoms with Gasteiger partial charge in [-0.15, -0.1) is 0 Å². The summed E-state index contributed by atoms with van der Waals surface area (Å²) in [5.74, 6) is -0.0783. The van der Waals surface area contributed by atoms with E-state index in [9.17, 15) is 4.79 Å². The van der Waals surface area contributed by atoms with Gasteiger partial charge in [0.25, 0.3) is 0 Å². The van der Waals surface area contributed by atoms with Gasteiger partial charge in [-0.3, -0.25) is 4.79 Å².